The van der Waals surface area contributed by atoms with Crippen molar-refractivity contribution in [2.75, 3.05) is 39.4 Å². The Morgan fingerprint density at radius 2 is 1.71 bits per heavy atom. The predicted octanol–water partition coefficient (Wildman–Crippen LogP) is 1.02. The average Bonchev–Trinajstić information content (AvgIpc) is 2.43. The largest absolute Gasteiger partial charge is 0.493 e. The van der Waals surface area contributed by atoms with E-state index < -0.39 is 9.84 Å². The number of benzene rings is 1. The molecule has 7 heteroatoms. The second-order valence-electron chi connectivity index (χ2n) is 4.70. The number of ether oxygens (including phenoxy) is 3. The lowest BCUT2D eigenvalue weighted by atomic mass is 10.1. The lowest BCUT2D eigenvalue weighted by Crippen LogP contribution is -2.09. The molecule has 0 aliphatic carbocycles. The van der Waals surface area contributed by atoms with Crippen molar-refractivity contribution in [3.8, 4) is 17.2 Å². The zero-order valence-corrected chi connectivity index (χ0v) is 13.5. The summed E-state index contributed by atoms with van der Waals surface area (Å²) >= 11 is 0. The van der Waals surface area contributed by atoms with E-state index >= 15 is 0 Å². The van der Waals surface area contributed by atoms with Crippen molar-refractivity contribution in [3.05, 3.63) is 17.7 Å². The van der Waals surface area contributed by atoms with Crippen molar-refractivity contribution < 1.29 is 22.6 Å². The first-order chi connectivity index (χ1) is 9.91. The molecule has 0 fully saturated rings. The molecule has 1 aromatic carbocycles. The van der Waals surface area contributed by atoms with Crippen LogP contribution < -0.4 is 19.9 Å². The van der Waals surface area contributed by atoms with Gasteiger partial charge in [0.2, 0.25) is 5.75 Å². The molecule has 2 N–H and O–H groups in total. The molecule has 0 spiro atoms. The van der Waals surface area contributed by atoms with Crippen molar-refractivity contribution in [3.63, 3.8) is 0 Å². The van der Waals surface area contributed by atoms with Gasteiger partial charge in [0, 0.05) is 6.26 Å². The van der Waals surface area contributed by atoms with Gasteiger partial charge in [-0.1, -0.05) is 0 Å². The van der Waals surface area contributed by atoms with E-state index in [1.807, 2.05) is 12.1 Å². The molecule has 0 unspecified atom stereocenters. The topological polar surface area (TPSA) is 87.8 Å². The van der Waals surface area contributed by atoms with E-state index in [4.69, 9.17) is 19.9 Å². The first kappa shape index (κ1) is 17.6. The third kappa shape index (κ3) is 5.81. The Morgan fingerprint density at radius 1 is 1.14 bits per heavy atom. The molecule has 0 saturated carbocycles. The molecule has 0 atom stereocenters. The van der Waals surface area contributed by atoms with Crippen LogP contribution in [-0.2, 0) is 16.3 Å². The minimum atomic E-state index is -2.98. The van der Waals surface area contributed by atoms with Crippen LogP contribution in [0.25, 0.3) is 0 Å². The molecule has 0 radical (unpaired) electrons. The van der Waals surface area contributed by atoms with Gasteiger partial charge in [-0.25, -0.2) is 8.42 Å². The SMILES string of the molecule is COc1cc(CCN)cc(OC)c1OCCCS(C)(=O)=O. The predicted molar refractivity (Wildman–Crippen MR) is 82.1 cm³/mol. The van der Waals surface area contributed by atoms with Gasteiger partial charge in [-0.3, -0.25) is 0 Å². The third-order valence-corrected chi connectivity index (χ3v) is 3.89. The maximum atomic E-state index is 11.1. The van der Waals surface area contributed by atoms with Gasteiger partial charge in [0.25, 0.3) is 0 Å². The van der Waals surface area contributed by atoms with Gasteiger partial charge in [0.15, 0.2) is 11.5 Å². The number of sulfone groups is 1. The molecule has 21 heavy (non-hydrogen) atoms. The molecule has 0 bridgehead atoms. The Hall–Kier alpha value is -1.47. The summed E-state index contributed by atoms with van der Waals surface area (Å²) in [6.45, 7) is 0.802. The lowest BCUT2D eigenvalue weighted by molar-refractivity contribution is 0.275. The summed E-state index contributed by atoms with van der Waals surface area (Å²) in [7, 11) is 0.112. The monoisotopic (exact) mass is 317 g/mol. The van der Waals surface area contributed by atoms with E-state index in [-0.39, 0.29) is 12.4 Å². The summed E-state index contributed by atoms with van der Waals surface area (Å²) in [5, 5.41) is 0. The van der Waals surface area contributed by atoms with Crippen LogP contribution in [0.4, 0.5) is 0 Å². The quantitative estimate of drug-likeness (QED) is 0.684. The first-order valence-electron chi connectivity index (χ1n) is 6.66. The van der Waals surface area contributed by atoms with Crippen molar-refractivity contribution in [2.45, 2.75) is 12.8 Å². The minimum absolute atomic E-state index is 0.0862. The molecule has 0 heterocycles. The standard InChI is InChI=1S/C14H23NO5S/c1-18-12-9-11(5-6-15)10-13(19-2)14(12)20-7-4-8-21(3,16)17/h9-10H,4-8,15H2,1-3H3. The Labute approximate surface area is 126 Å². The maximum absolute atomic E-state index is 11.1. The van der Waals surface area contributed by atoms with Crippen molar-refractivity contribution >= 4 is 9.84 Å². The highest BCUT2D eigenvalue weighted by Gasteiger charge is 2.14. The molecule has 6 nitrogen and oxygen atoms in total. The summed E-state index contributed by atoms with van der Waals surface area (Å²) in [6.07, 6.45) is 2.33. The van der Waals surface area contributed by atoms with Crippen LogP contribution in [0, 0.1) is 0 Å². The van der Waals surface area contributed by atoms with Gasteiger partial charge < -0.3 is 19.9 Å². The second-order valence-corrected chi connectivity index (χ2v) is 6.96. The molecule has 0 aromatic heterocycles. The number of rotatable bonds is 9. The van der Waals surface area contributed by atoms with Crippen LogP contribution in [0.1, 0.15) is 12.0 Å². The van der Waals surface area contributed by atoms with Gasteiger partial charge in [-0.05, 0) is 37.1 Å². The maximum Gasteiger partial charge on any atom is 0.203 e. The number of methoxy groups -OCH3 is 2. The molecule has 0 aliphatic heterocycles. The molecule has 0 saturated heterocycles. The molecular weight excluding hydrogens is 294 g/mol. The van der Waals surface area contributed by atoms with Gasteiger partial charge in [0.05, 0.1) is 26.6 Å². The summed E-state index contributed by atoms with van der Waals surface area (Å²) < 4.78 is 38.4. The van der Waals surface area contributed by atoms with E-state index in [1.165, 1.54) is 6.26 Å². The summed E-state index contributed by atoms with van der Waals surface area (Å²) in [5.41, 5.74) is 6.55. The number of nitrogens with two attached hydrogens (primary N) is 1. The van der Waals surface area contributed by atoms with Crippen molar-refractivity contribution in [1.82, 2.24) is 0 Å². The first-order valence-corrected chi connectivity index (χ1v) is 8.72. The lowest BCUT2D eigenvalue weighted by Gasteiger charge is -2.16. The van der Waals surface area contributed by atoms with Gasteiger partial charge in [0.1, 0.15) is 9.84 Å². The Kier molecular flexibility index (Phi) is 6.77. The van der Waals surface area contributed by atoms with Gasteiger partial charge in [-0.2, -0.15) is 0 Å². The highest BCUT2D eigenvalue weighted by molar-refractivity contribution is 7.90. The van der Waals surface area contributed by atoms with Crippen LogP contribution in [-0.4, -0.2) is 47.8 Å². The zero-order valence-electron chi connectivity index (χ0n) is 12.7. The molecule has 0 amide bonds. The van der Waals surface area contributed by atoms with Crippen LogP contribution in [0.5, 0.6) is 17.2 Å². The minimum Gasteiger partial charge on any atom is -0.493 e. The molecule has 0 aliphatic rings. The fourth-order valence-electron chi connectivity index (χ4n) is 1.88. The van der Waals surface area contributed by atoms with Crippen LogP contribution >= 0.6 is 0 Å². The number of hydrogen-bond donors (Lipinski definition) is 1. The van der Waals surface area contributed by atoms with E-state index in [0.29, 0.717) is 36.6 Å². The van der Waals surface area contributed by atoms with Crippen LogP contribution in [0.15, 0.2) is 12.1 Å². The summed E-state index contributed by atoms with van der Waals surface area (Å²) in [4.78, 5) is 0. The van der Waals surface area contributed by atoms with E-state index in [2.05, 4.69) is 0 Å². The third-order valence-electron chi connectivity index (χ3n) is 2.86. The van der Waals surface area contributed by atoms with Crippen LogP contribution in [0.3, 0.4) is 0 Å². The van der Waals surface area contributed by atoms with Gasteiger partial charge >= 0.3 is 0 Å². The fourth-order valence-corrected chi connectivity index (χ4v) is 2.53. The fraction of sp³-hybridized carbons (Fsp3) is 0.571. The smallest absolute Gasteiger partial charge is 0.203 e. The van der Waals surface area contributed by atoms with Crippen molar-refractivity contribution in [2.24, 2.45) is 5.73 Å². The summed E-state index contributed by atoms with van der Waals surface area (Å²) in [6, 6.07) is 3.70. The van der Waals surface area contributed by atoms with Crippen LogP contribution in [0.2, 0.25) is 0 Å². The van der Waals surface area contributed by atoms with Gasteiger partial charge in [-0.15, -0.1) is 0 Å². The zero-order chi connectivity index (χ0) is 15.9. The van der Waals surface area contributed by atoms with E-state index in [9.17, 15) is 8.42 Å². The molecule has 120 valence electrons. The number of hydrogen-bond acceptors (Lipinski definition) is 6. The summed E-state index contributed by atoms with van der Waals surface area (Å²) in [5.74, 6) is 1.67. The average molecular weight is 317 g/mol. The van der Waals surface area contributed by atoms with E-state index in [1.54, 1.807) is 14.2 Å². The molecule has 1 rings (SSSR count). The Balaban J connectivity index is 2.84. The second kappa shape index (κ2) is 8.09. The van der Waals surface area contributed by atoms with Crippen molar-refractivity contribution in [1.29, 1.82) is 0 Å². The Bertz CT molecular complexity index is 531. The highest BCUT2D eigenvalue weighted by Crippen LogP contribution is 2.38. The highest BCUT2D eigenvalue weighted by atomic mass is 32.2. The normalized spacial score (nSPS) is 11.2. The molecular formula is C14H23NO5S. The Morgan fingerprint density at radius 3 is 2.14 bits per heavy atom. The van der Waals surface area contributed by atoms with E-state index in [0.717, 1.165) is 5.56 Å². The molecule has 1 aromatic rings.